The van der Waals surface area contributed by atoms with Crippen LogP contribution in [-0.4, -0.2) is 40.4 Å². The monoisotopic (exact) mass is 277 g/mol. The molecule has 0 spiro atoms. The lowest BCUT2D eigenvalue weighted by atomic mass is 10.2. The average Bonchev–Trinajstić information content (AvgIpc) is 2.79. The van der Waals surface area contributed by atoms with Gasteiger partial charge in [-0.2, -0.15) is 4.98 Å². The number of aromatic nitrogens is 2. The van der Waals surface area contributed by atoms with Crippen molar-refractivity contribution in [2.75, 3.05) is 18.1 Å². The fourth-order valence-corrected chi connectivity index (χ4v) is 1.99. The summed E-state index contributed by atoms with van der Waals surface area (Å²) >= 11 is 0. The first-order valence-electron chi connectivity index (χ1n) is 6.03. The molecule has 1 aliphatic rings. The Morgan fingerprint density at radius 2 is 2.25 bits per heavy atom. The molecule has 3 rings (SSSR count). The number of rotatable bonds is 3. The lowest BCUT2D eigenvalue weighted by Gasteiger charge is -2.11. The summed E-state index contributed by atoms with van der Waals surface area (Å²) in [5.74, 6) is 0.319. The molecule has 1 atom stereocenters. The molecule has 1 saturated heterocycles. The number of nitrogens with zero attached hydrogens (tertiary/aromatic N) is 3. The molecule has 8 nitrogen and oxygen atoms in total. The van der Waals surface area contributed by atoms with Crippen LogP contribution in [0.15, 0.2) is 27.5 Å². The van der Waals surface area contributed by atoms with Gasteiger partial charge in [-0.1, -0.05) is 0 Å². The van der Waals surface area contributed by atoms with Crippen molar-refractivity contribution < 1.29 is 19.1 Å². The number of fused-ring (bicyclic) bond motifs is 1. The molecule has 0 saturated carbocycles. The summed E-state index contributed by atoms with van der Waals surface area (Å²) in [4.78, 5) is 32.2. The van der Waals surface area contributed by atoms with Crippen molar-refractivity contribution >= 4 is 23.1 Å². The van der Waals surface area contributed by atoms with Crippen LogP contribution in [0.4, 0.5) is 10.6 Å². The zero-order valence-corrected chi connectivity index (χ0v) is 10.4. The SMILES string of the molecule is O=C1O[C@H](CCO)CN1c1ccc2ncc(=O)oc2n1. The number of cyclic esters (lactones) is 1. The number of aliphatic hydroxyl groups excluding tert-OH is 1. The molecule has 1 aliphatic heterocycles. The zero-order chi connectivity index (χ0) is 14.1. The van der Waals surface area contributed by atoms with Crippen LogP contribution < -0.4 is 10.5 Å². The molecule has 20 heavy (non-hydrogen) atoms. The van der Waals surface area contributed by atoms with Crippen LogP contribution >= 0.6 is 0 Å². The minimum absolute atomic E-state index is 0.0598. The Labute approximate surface area is 112 Å². The number of pyridine rings is 1. The van der Waals surface area contributed by atoms with Gasteiger partial charge in [0.1, 0.15) is 23.6 Å². The Kier molecular flexibility index (Phi) is 3.07. The van der Waals surface area contributed by atoms with Gasteiger partial charge in [-0.15, -0.1) is 0 Å². The van der Waals surface area contributed by atoms with Gasteiger partial charge in [0.2, 0.25) is 0 Å². The largest absolute Gasteiger partial charge is 0.444 e. The van der Waals surface area contributed by atoms with E-state index in [0.717, 1.165) is 6.20 Å². The molecule has 2 aromatic heterocycles. The maximum atomic E-state index is 11.7. The van der Waals surface area contributed by atoms with E-state index in [4.69, 9.17) is 14.3 Å². The van der Waals surface area contributed by atoms with Gasteiger partial charge in [0, 0.05) is 13.0 Å². The van der Waals surface area contributed by atoms with Gasteiger partial charge in [-0.25, -0.2) is 14.6 Å². The van der Waals surface area contributed by atoms with Crippen LogP contribution in [0.3, 0.4) is 0 Å². The molecule has 0 radical (unpaired) electrons. The van der Waals surface area contributed by atoms with Crippen molar-refractivity contribution in [1.82, 2.24) is 9.97 Å². The third-order valence-corrected chi connectivity index (χ3v) is 2.93. The number of carbonyl (C=O) groups is 1. The fraction of sp³-hybridized carbons (Fsp3) is 0.333. The van der Waals surface area contributed by atoms with Gasteiger partial charge in [-0.05, 0) is 12.1 Å². The van der Waals surface area contributed by atoms with Crippen LogP contribution in [0.2, 0.25) is 0 Å². The number of amides is 1. The maximum Gasteiger partial charge on any atom is 0.415 e. The third-order valence-electron chi connectivity index (χ3n) is 2.93. The summed E-state index contributed by atoms with van der Waals surface area (Å²) in [6.45, 7) is 0.234. The highest BCUT2D eigenvalue weighted by molar-refractivity contribution is 5.89. The van der Waals surface area contributed by atoms with Crippen molar-refractivity contribution in [3.05, 3.63) is 28.7 Å². The van der Waals surface area contributed by atoms with Gasteiger partial charge < -0.3 is 14.3 Å². The van der Waals surface area contributed by atoms with E-state index in [9.17, 15) is 9.59 Å². The lowest BCUT2D eigenvalue weighted by molar-refractivity contribution is 0.122. The van der Waals surface area contributed by atoms with Gasteiger partial charge in [0.15, 0.2) is 0 Å². The number of hydrogen-bond donors (Lipinski definition) is 1. The molecule has 8 heteroatoms. The lowest BCUT2D eigenvalue weighted by Crippen LogP contribution is -2.25. The van der Waals surface area contributed by atoms with Gasteiger partial charge in [0.05, 0.1) is 6.54 Å². The van der Waals surface area contributed by atoms with E-state index in [2.05, 4.69) is 9.97 Å². The van der Waals surface area contributed by atoms with Crippen LogP contribution in [0.1, 0.15) is 6.42 Å². The van der Waals surface area contributed by atoms with E-state index in [1.165, 1.54) is 4.90 Å². The summed E-state index contributed by atoms with van der Waals surface area (Å²) in [5.41, 5.74) is -0.120. The maximum absolute atomic E-state index is 11.7. The third kappa shape index (κ3) is 2.21. The summed E-state index contributed by atoms with van der Waals surface area (Å²) in [7, 11) is 0. The topological polar surface area (TPSA) is 106 Å². The highest BCUT2D eigenvalue weighted by atomic mass is 16.6. The van der Waals surface area contributed by atoms with E-state index < -0.39 is 11.7 Å². The number of aliphatic hydroxyl groups is 1. The zero-order valence-electron chi connectivity index (χ0n) is 10.4. The molecule has 2 aromatic rings. The first-order valence-corrected chi connectivity index (χ1v) is 6.03. The normalized spacial score (nSPS) is 18.6. The summed E-state index contributed by atoms with van der Waals surface area (Å²) in [5, 5.41) is 8.86. The summed E-state index contributed by atoms with van der Waals surface area (Å²) < 4.78 is 10.0. The molecule has 104 valence electrons. The smallest absolute Gasteiger partial charge is 0.415 e. The van der Waals surface area contributed by atoms with Crippen LogP contribution in [0, 0.1) is 0 Å². The molecular formula is C12H11N3O5. The van der Waals surface area contributed by atoms with Crippen molar-refractivity contribution in [2.24, 2.45) is 0 Å². The summed E-state index contributed by atoms with van der Waals surface area (Å²) in [6.07, 6.45) is 0.518. The highest BCUT2D eigenvalue weighted by Gasteiger charge is 2.32. The van der Waals surface area contributed by atoms with E-state index in [1.54, 1.807) is 12.1 Å². The molecule has 1 fully saturated rings. The Bertz CT molecular complexity index is 714. The number of carbonyl (C=O) groups excluding carboxylic acids is 1. The second-order valence-corrected chi connectivity index (χ2v) is 4.30. The van der Waals surface area contributed by atoms with Crippen LogP contribution in [0.25, 0.3) is 11.2 Å². The molecule has 1 N–H and O–H groups in total. The van der Waals surface area contributed by atoms with Gasteiger partial charge in [-0.3, -0.25) is 4.90 Å². The molecule has 0 bridgehead atoms. The van der Waals surface area contributed by atoms with Crippen LogP contribution in [0.5, 0.6) is 0 Å². The van der Waals surface area contributed by atoms with E-state index in [-0.39, 0.29) is 18.4 Å². The minimum Gasteiger partial charge on any atom is -0.444 e. The standard InChI is InChI=1S/C12H11N3O5/c16-4-3-7-6-15(12(18)19-7)9-2-1-8-11(14-9)20-10(17)5-13-8/h1-2,5,7,16H,3-4,6H2/t7-/m1/s1. The second kappa shape index (κ2) is 4.89. The number of hydrogen-bond acceptors (Lipinski definition) is 7. The van der Waals surface area contributed by atoms with E-state index in [1.807, 2.05) is 0 Å². The Hall–Kier alpha value is -2.48. The quantitative estimate of drug-likeness (QED) is 0.859. The summed E-state index contributed by atoms with van der Waals surface area (Å²) in [6, 6.07) is 3.20. The predicted molar refractivity (Wildman–Crippen MR) is 67.4 cm³/mol. The number of ether oxygens (including phenoxy) is 1. The van der Waals surface area contributed by atoms with Crippen molar-refractivity contribution in [3.63, 3.8) is 0 Å². The predicted octanol–water partition coefficient (Wildman–Crippen LogP) is 0.291. The van der Waals surface area contributed by atoms with Crippen LogP contribution in [-0.2, 0) is 4.74 Å². The molecule has 1 amide bonds. The second-order valence-electron chi connectivity index (χ2n) is 4.30. The van der Waals surface area contributed by atoms with E-state index in [0.29, 0.717) is 24.3 Å². The molecule has 3 heterocycles. The van der Waals surface area contributed by atoms with Crippen molar-refractivity contribution in [1.29, 1.82) is 0 Å². The average molecular weight is 277 g/mol. The Morgan fingerprint density at radius 1 is 1.40 bits per heavy atom. The highest BCUT2D eigenvalue weighted by Crippen LogP contribution is 2.22. The molecule has 0 aliphatic carbocycles. The van der Waals surface area contributed by atoms with Gasteiger partial charge in [0.25, 0.3) is 5.71 Å². The first-order chi connectivity index (χ1) is 9.67. The minimum atomic E-state index is -0.607. The number of anilines is 1. The fourth-order valence-electron chi connectivity index (χ4n) is 1.99. The van der Waals surface area contributed by atoms with Crippen molar-refractivity contribution in [2.45, 2.75) is 12.5 Å². The molecular weight excluding hydrogens is 266 g/mol. The van der Waals surface area contributed by atoms with E-state index >= 15 is 0 Å². The molecule has 0 aromatic carbocycles. The Morgan fingerprint density at radius 3 is 3.05 bits per heavy atom. The Balaban J connectivity index is 1.94. The van der Waals surface area contributed by atoms with Crippen molar-refractivity contribution in [3.8, 4) is 0 Å². The first kappa shape index (κ1) is 12.5. The van der Waals surface area contributed by atoms with Gasteiger partial charge >= 0.3 is 11.7 Å². The molecule has 0 unspecified atom stereocenters.